The van der Waals surface area contributed by atoms with Crippen LogP contribution < -0.4 is 0 Å². The Morgan fingerprint density at radius 2 is 1.73 bits per heavy atom. The Morgan fingerprint density at radius 3 is 2.36 bits per heavy atom. The first kappa shape index (κ1) is 15.8. The van der Waals surface area contributed by atoms with Crippen molar-refractivity contribution >= 4 is 13.2 Å². The van der Waals surface area contributed by atoms with Crippen molar-refractivity contribution in [2.45, 2.75) is 58.9 Å². The lowest BCUT2D eigenvalue weighted by Gasteiger charge is -2.32. The third-order valence-electron chi connectivity index (χ3n) is 5.18. The molecule has 0 aromatic heterocycles. The molecule has 0 atom stereocenters. The van der Waals surface area contributed by atoms with Crippen LogP contribution in [0.15, 0.2) is 24.2 Å². The number of nitrogens with zero attached hydrogens (tertiary/aromatic N) is 1. The SMILES string of the molecule is CCN1Cc2ccc(C=CB3OC(C)(C)C(C)(C)O3)cc2C1. The molecule has 0 N–H and O–H groups in total. The molecule has 0 bridgehead atoms. The molecular weight excluding hydrogens is 273 g/mol. The molecule has 0 aliphatic carbocycles. The highest BCUT2D eigenvalue weighted by atomic mass is 16.7. The van der Waals surface area contributed by atoms with Crippen molar-refractivity contribution in [3.63, 3.8) is 0 Å². The molecule has 118 valence electrons. The van der Waals surface area contributed by atoms with Crippen molar-refractivity contribution in [1.29, 1.82) is 0 Å². The summed E-state index contributed by atoms with van der Waals surface area (Å²) in [5, 5.41) is 0. The van der Waals surface area contributed by atoms with Crippen molar-refractivity contribution in [2.75, 3.05) is 6.54 Å². The van der Waals surface area contributed by atoms with E-state index in [1.165, 1.54) is 16.7 Å². The summed E-state index contributed by atoms with van der Waals surface area (Å²) in [7, 11) is -0.273. The van der Waals surface area contributed by atoms with Gasteiger partial charge in [-0.1, -0.05) is 37.2 Å². The molecule has 1 aromatic carbocycles. The maximum atomic E-state index is 6.00. The highest BCUT2D eigenvalue weighted by Gasteiger charge is 2.49. The van der Waals surface area contributed by atoms with Gasteiger partial charge in [0.25, 0.3) is 0 Å². The molecule has 0 spiro atoms. The summed E-state index contributed by atoms with van der Waals surface area (Å²) in [6.07, 6.45) is 2.11. The Labute approximate surface area is 134 Å². The van der Waals surface area contributed by atoms with Crippen molar-refractivity contribution in [3.8, 4) is 0 Å². The standard InChI is InChI=1S/C18H26BNO2/c1-6-20-12-15-8-7-14(11-16(15)13-20)9-10-19-21-17(2,3)18(4,5)22-19/h7-11H,6,12-13H2,1-5H3. The van der Waals surface area contributed by atoms with Gasteiger partial charge in [-0.05, 0) is 50.9 Å². The van der Waals surface area contributed by atoms with E-state index in [1.807, 2.05) is 5.98 Å². The predicted molar refractivity (Wildman–Crippen MR) is 91.3 cm³/mol. The largest absolute Gasteiger partial charge is 0.487 e. The van der Waals surface area contributed by atoms with Crippen molar-refractivity contribution < 1.29 is 9.31 Å². The van der Waals surface area contributed by atoms with Gasteiger partial charge in [-0.25, -0.2) is 0 Å². The van der Waals surface area contributed by atoms with Crippen LogP contribution in [0.1, 0.15) is 51.3 Å². The molecule has 0 radical (unpaired) electrons. The van der Waals surface area contributed by atoms with Crippen LogP contribution in [0.5, 0.6) is 0 Å². The summed E-state index contributed by atoms with van der Waals surface area (Å²) in [4.78, 5) is 2.45. The second kappa shape index (κ2) is 5.52. The normalized spacial score (nSPS) is 23.4. The summed E-state index contributed by atoms with van der Waals surface area (Å²) in [6, 6.07) is 6.71. The van der Waals surface area contributed by atoms with Gasteiger partial charge in [0.05, 0.1) is 11.2 Å². The number of benzene rings is 1. The fourth-order valence-corrected chi connectivity index (χ4v) is 2.97. The molecule has 0 unspecified atom stereocenters. The van der Waals surface area contributed by atoms with Crippen LogP contribution in [0.2, 0.25) is 0 Å². The number of rotatable bonds is 3. The minimum absolute atomic E-state index is 0.273. The maximum absolute atomic E-state index is 6.00. The summed E-state index contributed by atoms with van der Waals surface area (Å²) >= 11 is 0. The quantitative estimate of drug-likeness (QED) is 0.795. The molecule has 3 nitrogen and oxygen atoms in total. The Morgan fingerprint density at radius 1 is 1.09 bits per heavy atom. The molecule has 2 aliphatic rings. The van der Waals surface area contributed by atoms with Gasteiger partial charge in [0, 0.05) is 13.1 Å². The van der Waals surface area contributed by atoms with Crippen LogP contribution in [-0.4, -0.2) is 29.8 Å². The zero-order valence-electron chi connectivity index (χ0n) is 14.3. The van der Waals surface area contributed by atoms with Crippen molar-refractivity contribution in [2.24, 2.45) is 0 Å². The monoisotopic (exact) mass is 299 g/mol. The summed E-state index contributed by atoms with van der Waals surface area (Å²) < 4.78 is 12.0. The fourth-order valence-electron chi connectivity index (χ4n) is 2.97. The molecule has 1 aromatic rings. The molecule has 2 heterocycles. The minimum Gasteiger partial charge on any atom is -0.400 e. The molecular formula is C18H26BNO2. The summed E-state index contributed by atoms with van der Waals surface area (Å²) in [5.74, 6) is 2.02. The van der Waals surface area contributed by atoms with E-state index in [1.54, 1.807) is 0 Å². The molecule has 3 rings (SSSR count). The van der Waals surface area contributed by atoms with E-state index in [-0.39, 0.29) is 18.3 Å². The van der Waals surface area contributed by atoms with Crippen molar-refractivity contribution in [1.82, 2.24) is 4.90 Å². The summed E-state index contributed by atoms with van der Waals surface area (Å²) in [6.45, 7) is 13.8. The van der Waals surface area contributed by atoms with E-state index >= 15 is 0 Å². The zero-order valence-corrected chi connectivity index (χ0v) is 14.3. The number of hydrogen-bond acceptors (Lipinski definition) is 3. The van der Waals surface area contributed by atoms with Gasteiger partial charge < -0.3 is 9.31 Å². The Bertz CT molecular complexity index is 579. The van der Waals surface area contributed by atoms with E-state index in [9.17, 15) is 0 Å². The lowest BCUT2D eigenvalue weighted by atomic mass is 9.89. The van der Waals surface area contributed by atoms with E-state index in [0.29, 0.717) is 0 Å². The van der Waals surface area contributed by atoms with Crippen LogP contribution in [0.3, 0.4) is 0 Å². The highest BCUT2D eigenvalue weighted by Crippen LogP contribution is 2.37. The predicted octanol–water partition coefficient (Wildman–Crippen LogP) is 3.67. The third-order valence-corrected chi connectivity index (χ3v) is 5.18. The average molecular weight is 299 g/mol. The Balaban J connectivity index is 1.70. The van der Waals surface area contributed by atoms with E-state index < -0.39 is 0 Å². The van der Waals surface area contributed by atoms with Crippen molar-refractivity contribution in [3.05, 3.63) is 40.9 Å². The topological polar surface area (TPSA) is 21.7 Å². The van der Waals surface area contributed by atoms with Crippen LogP contribution in [0.25, 0.3) is 6.08 Å². The minimum atomic E-state index is -0.276. The first-order valence-electron chi connectivity index (χ1n) is 8.19. The highest BCUT2D eigenvalue weighted by molar-refractivity contribution is 6.52. The first-order chi connectivity index (χ1) is 10.3. The van der Waals surface area contributed by atoms with Gasteiger partial charge in [0.15, 0.2) is 0 Å². The first-order valence-corrected chi connectivity index (χ1v) is 8.19. The third kappa shape index (κ3) is 2.88. The summed E-state index contributed by atoms with van der Waals surface area (Å²) in [5.41, 5.74) is 3.56. The molecule has 22 heavy (non-hydrogen) atoms. The molecule has 0 amide bonds. The van der Waals surface area contributed by atoms with E-state index in [0.717, 1.165) is 19.6 Å². The van der Waals surface area contributed by atoms with Gasteiger partial charge in [0.2, 0.25) is 0 Å². The smallest absolute Gasteiger partial charge is 0.400 e. The van der Waals surface area contributed by atoms with Gasteiger partial charge in [-0.3, -0.25) is 4.90 Å². The average Bonchev–Trinajstić information content (AvgIpc) is 2.94. The molecule has 4 heteroatoms. The zero-order chi connectivity index (χ0) is 16.0. The number of fused-ring (bicyclic) bond motifs is 1. The lowest BCUT2D eigenvalue weighted by molar-refractivity contribution is 0.00578. The van der Waals surface area contributed by atoms with Crippen LogP contribution >= 0.6 is 0 Å². The second-order valence-electron chi connectivity index (χ2n) is 7.32. The Hall–Kier alpha value is -1.10. The lowest BCUT2D eigenvalue weighted by Crippen LogP contribution is -2.41. The molecule has 2 aliphatic heterocycles. The van der Waals surface area contributed by atoms with Crippen LogP contribution in [0.4, 0.5) is 0 Å². The van der Waals surface area contributed by atoms with Gasteiger partial charge in [-0.15, -0.1) is 0 Å². The van der Waals surface area contributed by atoms with Gasteiger partial charge in [0.1, 0.15) is 0 Å². The van der Waals surface area contributed by atoms with Gasteiger partial charge in [-0.2, -0.15) is 0 Å². The number of hydrogen-bond donors (Lipinski definition) is 0. The molecule has 1 fully saturated rings. The van der Waals surface area contributed by atoms with Gasteiger partial charge >= 0.3 is 7.12 Å². The second-order valence-corrected chi connectivity index (χ2v) is 7.32. The molecule has 0 saturated carbocycles. The fraction of sp³-hybridized carbons (Fsp3) is 0.556. The Kier molecular flexibility index (Phi) is 3.96. The van der Waals surface area contributed by atoms with E-state index in [2.05, 4.69) is 63.8 Å². The maximum Gasteiger partial charge on any atom is 0.487 e. The molecule has 1 saturated heterocycles. The van der Waals surface area contributed by atoms with Crippen LogP contribution in [0, 0.1) is 0 Å². The van der Waals surface area contributed by atoms with Crippen LogP contribution in [-0.2, 0) is 22.4 Å². The van der Waals surface area contributed by atoms with E-state index in [4.69, 9.17) is 9.31 Å².